The van der Waals surface area contributed by atoms with Crippen LogP contribution in [0.3, 0.4) is 0 Å². The summed E-state index contributed by atoms with van der Waals surface area (Å²) in [6.07, 6.45) is 0. The van der Waals surface area contributed by atoms with Crippen molar-refractivity contribution in [3.8, 4) is 0 Å². The first-order valence-electron chi connectivity index (χ1n) is 5.74. The maximum absolute atomic E-state index is 13.3. The molecule has 0 saturated carbocycles. The molecule has 0 atom stereocenters. The Kier molecular flexibility index (Phi) is 4.20. The third kappa shape index (κ3) is 3.33. The van der Waals surface area contributed by atoms with Crippen LogP contribution in [-0.2, 0) is 10.0 Å². The minimum absolute atomic E-state index is 0.0392. The number of nitrogens with one attached hydrogen (secondary N) is 1. The molecule has 0 aliphatic heterocycles. The molecule has 0 heterocycles. The molecule has 0 radical (unpaired) electrons. The van der Waals surface area contributed by atoms with Crippen LogP contribution in [0.5, 0.6) is 0 Å². The first-order chi connectivity index (χ1) is 9.70. The van der Waals surface area contributed by atoms with Crippen LogP contribution < -0.4 is 10.5 Å². The summed E-state index contributed by atoms with van der Waals surface area (Å²) in [5.41, 5.74) is 5.35. The van der Waals surface area contributed by atoms with Gasteiger partial charge in [-0.2, -0.15) is 0 Å². The summed E-state index contributed by atoms with van der Waals surface area (Å²) in [6, 6.07) is 5.65. The fourth-order valence-electron chi connectivity index (χ4n) is 1.73. The predicted molar refractivity (Wildman–Crippen MR) is 80.5 cm³/mol. The van der Waals surface area contributed by atoms with Gasteiger partial charge in [0.25, 0.3) is 10.0 Å². The SMILES string of the molecule is Cc1cc(F)c(N)cc1S(=O)(=O)Nc1cc(F)ccc1Br. The van der Waals surface area contributed by atoms with Gasteiger partial charge < -0.3 is 5.73 Å². The van der Waals surface area contributed by atoms with Gasteiger partial charge in [0.2, 0.25) is 0 Å². The summed E-state index contributed by atoms with van der Waals surface area (Å²) < 4.78 is 53.7. The molecule has 4 nitrogen and oxygen atoms in total. The van der Waals surface area contributed by atoms with E-state index in [0.29, 0.717) is 4.47 Å². The minimum Gasteiger partial charge on any atom is -0.396 e. The molecule has 2 aromatic rings. The average molecular weight is 377 g/mol. The van der Waals surface area contributed by atoms with Crippen LogP contribution in [0, 0.1) is 18.6 Å². The Morgan fingerprint density at radius 1 is 1.19 bits per heavy atom. The number of nitrogens with two attached hydrogens (primary N) is 1. The summed E-state index contributed by atoms with van der Waals surface area (Å²) in [5.74, 6) is -1.29. The molecular formula is C13H11BrF2N2O2S. The van der Waals surface area contributed by atoms with Gasteiger partial charge in [0, 0.05) is 4.47 Å². The predicted octanol–water partition coefficient (Wildman–Crippen LogP) is 3.42. The van der Waals surface area contributed by atoms with Crippen molar-refractivity contribution in [2.45, 2.75) is 11.8 Å². The number of hydrogen-bond acceptors (Lipinski definition) is 3. The monoisotopic (exact) mass is 376 g/mol. The zero-order valence-corrected chi connectivity index (χ0v) is 13.2. The molecule has 0 aliphatic rings. The van der Waals surface area contributed by atoms with Crippen LogP contribution in [0.2, 0.25) is 0 Å². The number of anilines is 2. The standard InChI is InChI=1S/C13H11BrF2N2O2S/c1-7-4-10(16)11(17)6-13(7)21(19,20)18-12-5-8(15)2-3-9(12)14/h2-6,18H,17H2,1H3. The van der Waals surface area contributed by atoms with Crippen molar-refractivity contribution < 1.29 is 17.2 Å². The Morgan fingerprint density at radius 2 is 1.86 bits per heavy atom. The lowest BCUT2D eigenvalue weighted by Gasteiger charge is -2.12. The number of hydrogen-bond donors (Lipinski definition) is 2. The number of sulfonamides is 1. The molecule has 3 N–H and O–H groups in total. The lowest BCUT2D eigenvalue weighted by molar-refractivity contribution is 0.599. The molecule has 0 saturated heterocycles. The van der Waals surface area contributed by atoms with Gasteiger partial charge >= 0.3 is 0 Å². The molecule has 0 aliphatic carbocycles. The molecule has 8 heteroatoms. The topological polar surface area (TPSA) is 72.2 Å². The van der Waals surface area contributed by atoms with Gasteiger partial charge in [-0.05, 0) is 58.7 Å². The molecule has 0 unspecified atom stereocenters. The molecule has 0 amide bonds. The van der Waals surface area contributed by atoms with Crippen molar-refractivity contribution in [3.05, 3.63) is 52.0 Å². The molecule has 112 valence electrons. The van der Waals surface area contributed by atoms with E-state index in [1.54, 1.807) is 0 Å². The Balaban J connectivity index is 2.48. The molecule has 0 spiro atoms. The highest BCUT2D eigenvalue weighted by atomic mass is 79.9. The maximum atomic E-state index is 13.3. The highest BCUT2D eigenvalue weighted by Gasteiger charge is 2.20. The summed E-state index contributed by atoms with van der Waals surface area (Å²) >= 11 is 3.12. The Morgan fingerprint density at radius 3 is 2.52 bits per heavy atom. The smallest absolute Gasteiger partial charge is 0.262 e. The van der Waals surface area contributed by atoms with E-state index in [0.717, 1.165) is 18.2 Å². The highest BCUT2D eigenvalue weighted by Crippen LogP contribution is 2.28. The van der Waals surface area contributed by atoms with Gasteiger partial charge in [-0.3, -0.25) is 4.72 Å². The van der Waals surface area contributed by atoms with Crippen LogP contribution in [-0.4, -0.2) is 8.42 Å². The van der Waals surface area contributed by atoms with Crippen LogP contribution in [0.15, 0.2) is 39.7 Å². The van der Waals surface area contributed by atoms with Crippen LogP contribution in [0.25, 0.3) is 0 Å². The third-order valence-corrected chi connectivity index (χ3v) is 4.96. The van der Waals surface area contributed by atoms with Crippen molar-refractivity contribution in [1.29, 1.82) is 0 Å². The number of aryl methyl sites for hydroxylation is 1. The maximum Gasteiger partial charge on any atom is 0.262 e. The summed E-state index contributed by atoms with van der Waals surface area (Å²) in [7, 11) is -4.02. The van der Waals surface area contributed by atoms with E-state index >= 15 is 0 Å². The Hall–Kier alpha value is -1.67. The number of nitrogen functional groups attached to an aromatic ring is 1. The van der Waals surface area contributed by atoms with Crippen molar-refractivity contribution in [2.75, 3.05) is 10.5 Å². The molecule has 21 heavy (non-hydrogen) atoms. The molecule has 2 aromatic carbocycles. The van der Waals surface area contributed by atoms with E-state index in [-0.39, 0.29) is 21.8 Å². The van der Waals surface area contributed by atoms with Gasteiger partial charge in [0.05, 0.1) is 16.3 Å². The summed E-state index contributed by atoms with van der Waals surface area (Å²) in [6.45, 7) is 1.44. The van der Waals surface area contributed by atoms with E-state index in [1.165, 1.54) is 19.1 Å². The first-order valence-corrected chi connectivity index (χ1v) is 8.02. The van der Waals surface area contributed by atoms with Crippen LogP contribution in [0.1, 0.15) is 5.56 Å². The van der Waals surface area contributed by atoms with Gasteiger partial charge in [-0.25, -0.2) is 17.2 Å². The van der Waals surface area contributed by atoms with Crippen molar-refractivity contribution in [2.24, 2.45) is 0 Å². The fourth-order valence-corrected chi connectivity index (χ4v) is 3.54. The third-order valence-electron chi connectivity index (χ3n) is 2.76. The van der Waals surface area contributed by atoms with Crippen molar-refractivity contribution >= 4 is 37.3 Å². The Labute approximate surface area is 129 Å². The largest absolute Gasteiger partial charge is 0.396 e. The minimum atomic E-state index is -4.02. The van der Waals surface area contributed by atoms with Crippen LogP contribution in [0.4, 0.5) is 20.2 Å². The molecular weight excluding hydrogens is 366 g/mol. The second-order valence-electron chi connectivity index (χ2n) is 4.37. The second-order valence-corrected chi connectivity index (χ2v) is 6.87. The van der Waals surface area contributed by atoms with Crippen molar-refractivity contribution in [1.82, 2.24) is 0 Å². The van der Waals surface area contributed by atoms with Gasteiger partial charge in [0.1, 0.15) is 11.6 Å². The zero-order valence-electron chi connectivity index (χ0n) is 10.8. The van der Waals surface area contributed by atoms with E-state index in [1.807, 2.05) is 0 Å². The summed E-state index contributed by atoms with van der Waals surface area (Å²) in [4.78, 5) is -0.169. The lowest BCUT2D eigenvalue weighted by atomic mass is 10.2. The quantitative estimate of drug-likeness (QED) is 0.806. The second kappa shape index (κ2) is 5.61. The highest BCUT2D eigenvalue weighted by molar-refractivity contribution is 9.10. The van der Waals surface area contributed by atoms with Crippen LogP contribution >= 0.6 is 15.9 Å². The normalized spacial score (nSPS) is 11.4. The van der Waals surface area contributed by atoms with Gasteiger partial charge in [0.15, 0.2) is 0 Å². The number of rotatable bonds is 3. The van der Waals surface area contributed by atoms with E-state index in [2.05, 4.69) is 20.7 Å². The average Bonchev–Trinajstić information content (AvgIpc) is 2.37. The number of halogens is 3. The van der Waals surface area contributed by atoms with Gasteiger partial charge in [-0.1, -0.05) is 0 Å². The molecule has 0 aromatic heterocycles. The lowest BCUT2D eigenvalue weighted by Crippen LogP contribution is -2.15. The first kappa shape index (κ1) is 15.7. The molecule has 0 fully saturated rings. The summed E-state index contributed by atoms with van der Waals surface area (Å²) in [5, 5.41) is 0. The van der Waals surface area contributed by atoms with E-state index in [9.17, 15) is 17.2 Å². The number of benzene rings is 2. The van der Waals surface area contributed by atoms with Crippen molar-refractivity contribution in [3.63, 3.8) is 0 Å². The fraction of sp³-hybridized carbons (Fsp3) is 0.0769. The Bertz CT molecular complexity index is 810. The molecule has 0 bridgehead atoms. The van der Waals surface area contributed by atoms with Gasteiger partial charge in [-0.15, -0.1) is 0 Å². The molecule has 2 rings (SSSR count). The zero-order chi connectivity index (χ0) is 15.8. The van der Waals surface area contributed by atoms with E-state index in [4.69, 9.17) is 5.73 Å². The van der Waals surface area contributed by atoms with E-state index < -0.39 is 21.7 Å².